The Bertz CT molecular complexity index is 527. The first-order valence-corrected chi connectivity index (χ1v) is 5.99. The van der Waals surface area contributed by atoms with Crippen LogP contribution < -0.4 is 11.1 Å². The van der Waals surface area contributed by atoms with E-state index in [1.54, 1.807) is 0 Å². The van der Waals surface area contributed by atoms with Crippen molar-refractivity contribution in [2.45, 2.75) is 18.9 Å². The fourth-order valence-corrected chi connectivity index (χ4v) is 2.39. The lowest BCUT2D eigenvalue weighted by Crippen LogP contribution is -2.39. The highest BCUT2D eigenvalue weighted by atomic mass is 15.1. The van der Waals surface area contributed by atoms with E-state index in [1.165, 1.54) is 0 Å². The zero-order valence-corrected chi connectivity index (χ0v) is 9.93. The van der Waals surface area contributed by atoms with Crippen LogP contribution in [0.1, 0.15) is 12.8 Å². The normalized spacial score (nSPS) is 23.6. The van der Waals surface area contributed by atoms with Crippen LogP contribution in [0.25, 0.3) is 11.0 Å². The fraction of sp³-hybridized carbons (Fsp3) is 0.500. The number of hydrogen-bond donors (Lipinski definition) is 2. The maximum absolute atomic E-state index is 5.77. The second kappa shape index (κ2) is 4.00. The third-order valence-corrected chi connectivity index (χ3v) is 3.47. The molecule has 1 aliphatic rings. The molecule has 0 bridgehead atoms. The number of aromatic nitrogens is 3. The standard InChI is InChI=1S/C12H17N5/c1-17-7-16-11-10(17)2-3-14-12(11)15-6-8-4-9(13)5-8/h2-3,7-9H,4-6,13H2,1H3,(H,14,15). The summed E-state index contributed by atoms with van der Waals surface area (Å²) >= 11 is 0. The van der Waals surface area contributed by atoms with Crippen LogP contribution in [0.5, 0.6) is 0 Å². The largest absolute Gasteiger partial charge is 0.368 e. The van der Waals surface area contributed by atoms with Gasteiger partial charge in [-0.1, -0.05) is 0 Å². The van der Waals surface area contributed by atoms with Crippen molar-refractivity contribution in [2.75, 3.05) is 11.9 Å². The van der Waals surface area contributed by atoms with Crippen molar-refractivity contribution in [3.05, 3.63) is 18.6 Å². The highest BCUT2D eigenvalue weighted by Gasteiger charge is 2.25. The van der Waals surface area contributed by atoms with E-state index >= 15 is 0 Å². The average Bonchev–Trinajstić information content (AvgIpc) is 2.66. The van der Waals surface area contributed by atoms with Gasteiger partial charge in [-0.15, -0.1) is 0 Å². The van der Waals surface area contributed by atoms with Crippen molar-refractivity contribution in [1.29, 1.82) is 0 Å². The van der Waals surface area contributed by atoms with Gasteiger partial charge >= 0.3 is 0 Å². The second-order valence-corrected chi connectivity index (χ2v) is 4.86. The molecule has 1 saturated carbocycles. The number of nitrogens with zero attached hydrogens (tertiary/aromatic N) is 3. The molecule has 2 aromatic heterocycles. The SMILES string of the molecule is Cn1cnc2c(NCC3CC(N)C3)nccc21. The number of rotatable bonds is 3. The summed E-state index contributed by atoms with van der Waals surface area (Å²) in [6.07, 6.45) is 5.87. The molecule has 0 spiro atoms. The summed E-state index contributed by atoms with van der Waals surface area (Å²) < 4.78 is 2.00. The van der Waals surface area contributed by atoms with E-state index in [2.05, 4.69) is 15.3 Å². The zero-order chi connectivity index (χ0) is 11.8. The van der Waals surface area contributed by atoms with E-state index in [9.17, 15) is 0 Å². The number of pyridine rings is 1. The van der Waals surface area contributed by atoms with Gasteiger partial charge in [-0.25, -0.2) is 9.97 Å². The molecule has 0 saturated heterocycles. The molecule has 2 heterocycles. The first-order valence-electron chi connectivity index (χ1n) is 5.99. The Kier molecular flexibility index (Phi) is 2.48. The number of anilines is 1. The van der Waals surface area contributed by atoms with E-state index in [4.69, 9.17) is 5.73 Å². The van der Waals surface area contributed by atoms with Crippen LogP contribution >= 0.6 is 0 Å². The second-order valence-electron chi connectivity index (χ2n) is 4.86. The number of imidazole rings is 1. The topological polar surface area (TPSA) is 68.8 Å². The highest BCUT2D eigenvalue weighted by Crippen LogP contribution is 2.26. The first kappa shape index (κ1) is 10.5. The molecular formula is C12H17N5. The Morgan fingerprint density at radius 3 is 3.06 bits per heavy atom. The van der Waals surface area contributed by atoms with Crippen LogP contribution in [0.2, 0.25) is 0 Å². The van der Waals surface area contributed by atoms with Crippen LogP contribution in [0.4, 0.5) is 5.82 Å². The summed E-state index contributed by atoms with van der Waals surface area (Å²) in [6, 6.07) is 2.38. The molecule has 0 aromatic carbocycles. The van der Waals surface area contributed by atoms with Crippen LogP contribution in [-0.4, -0.2) is 27.1 Å². The predicted octanol–water partition coefficient (Wildman–Crippen LogP) is 1.12. The summed E-state index contributed by atoms with van der Waals surface area (Å²) in [7, 11) is 1.99. The molecule has 0 atom stereocenters. The van der Waals surface area contributed by atoms with Crippen LogP contribution in [-0.2, 0) is 7.05 Å². The minimum Gasteiger partial charge on any atom is -0.368 e. The molecule has 3 rings (SSSR count). The summed E-state index contributed by atoms with van der Waals surface area (Å²) in [5.74, 6) is 1.56. The minimum absolute atomic E-state index is 0.403. The molecule has 2 aromatic rings. The molecule has 90 valence electrons. The summed E-state index contributed by atoms with van der Waals surface area (Å²) in [5, 5.41) is 3.38. The lowest BCUT2D eigenvalue weighted by atomic mass is 9.81. The zero-order valence-electron chi connectivity index (χ0n) is 9.93. The molecule has 3 N–H and O–H groups in total. The van der Waals surface area contributed by atoms with Gasteiger partial charge < -0.3 is 15.6 Å². The maximum atomic E-state index is 5.77. The van der Waals surface area contributed by atoms with Crippen molar-refractivity contribution < 1.29 is 0 Å². The van der Waals surface area contributed by atoms with E-state index in [0.29, 0.717) is 12.0 Å². The van der Waals surface area contributed by atoms with Crippen molar-refractivity contribution in [2.24, 2.45) is 18.7 Å². The molecular weight excluding hydrogens is 214 g/mol. The third kappa shape index (κ3) is 1.86. The number of nitrogens with one attached hydrogen (secondary N) is 1. The van der Waals surface area contributed by atoms with Gasteiger partial charge in [0.2, 0.25) is 0 Å². The molecule has 17 heavy (non-hydrogen) atoms. The Labute approximate surface area is 100 Å². The van der Waals surface area contributed by atoms with Crippen molar-refractivity contribution >= 4 is 16.9 Å². The van der Waals surface area contributed by atoms with Gasteiger partial charge in [-0.2, -0.15) is 0 Å². The average molecular weight is 231 g/mol. The predicted molar refractivity (Wildman–Crippen MR) is 67.7 cm³/mol. The van der Waals surface area contributed by atoms with Gasteiger partial charge in [0.1, 0.15) is 5.52 Å². The fourth-order valence-electron chi connectivity index (χ4n) is 2.39. The van der Waals surface area contributed by atoms with E-state index in [-0.39, 0.29) is 0 Å². The summed E-state index contributed by atoms with van der Waals surface area (Å²) in [5.41, 5.74) is 7.82. The molecule has 5 heteroatoms. The minimum atomic E-state index is 0.403. The summed E-state index contributed by atoms with van der Waals surface area (Å²) in [6.45, 7) is 0.941. The van der Waals surface area contributed by atoms with Crippen LogP contribution in [0.15, 0.2) is 18.6 Å². The third-order valence-electron chi connectivity index (χ3n) is 3.47. The van der Waals surface area contributed by atoms with Crippen molar-refractivity contribution in [3.8, 4) is 0 Å². The van der Waals surface area contributed by atoms with Gasteiger partial charge in [0.25, 0.3) is 0 Å². The first-order chi connectivity index (χ1) is 8.24. The van der Waals surface area contributed by atoms with Crippen molar-refractivity contribution in [1.82, 2.24) is 14.5 Å². The van der Waals surface area contributed by atoms with E-state index in [1.807, 2.05) is 30.2 Å². The molecule has 0 radical (unpaired) electrons. The smallest absolute Gasteiger partial charge is 0.154 e. The highest BCUT2D eigenvalue weighted by molar-refractivity contribution is 5.85. The van der Waals surface area contributed by atoms with E-state index < -0.39 is 0 Å². The van der Waals surface area contributed by atoms with Crippen LogP contribution in [0, 0.1) is 5.92 Å². The van der Waals surface area contributed by atoms with Crippen LogP contribution in [0.3, 0.4) is 0 Å². The van der Waals surface area contributed by atoms with Gasteiger partial charge in [-0.05, 0) is 24.8 Å². The Hall–Kier alpha value is -1.62. The maximum Gasteiger partial charge on any atom is 0.154 e. The Balaban J connectivity index is 1.76. The van der Waals surface area contributed by atoms with Gasteiger partial charge in [0.05, 0.1) is 11.8 Å². The molecule has 0 unspecified atom stereocenters. The Morgan fingerprint density at radius 2 is 2.29 bits per heavy atom. The van der Waals surface area contributed by atoms with Gasteiger partial charge in [0.15, 0.2) is 5.82 Å². The lowest BCUT2D eigenvalue weighted by molar-refractivity contribution is 0.280. The molecule has 0 amide bonds. The quantitative estimate of drug-likeness (QED) is 0.830. The molecule has 1 fully saturated rings. The van der Waals surface area contributed by atoms with Gasteiger partial charge in [-0.3, -0.25) is 0 Å². The lowest BCUT2D eigenvalue weighted by Gasteiger charge is -2.32. The molecule has 0 aliphatic heterocycles. The van der Waals surface area contributed by atoms with Gasteiger partial charge in [0, 0.05) is 25.8 Å². The van der Waals surface area contributed by atoms with E-state index in [0.717, 1.165) is 36.2 Å². The number of hydrogen-bond acceptors (Lipinski definition) is 4. The number of fused-ring (bicyclic) bond motifs is 1. The Morgan fingerprint density at radius 1 is 1.47 bits per heavy atom. The molecule has 5 nitrogen and oxygen atoms in total. The molecule has 1 aliphatic carbocycles. The monoisotopic (exact) mass is 231 g/mol. The number of nitrogens with two attached hydrogens (primary N) is 1. The summed E-state index contributed by atoms with van der Waals surface area (Å²) in [4.78, 5) is 8.72. The van der Waals surface area contributed by atoms with Crippen molar-refractivity contribution in [3.63, 3.8) is 0 Å². The number of aryl methyl sites for hydroxylation is 1.